The lowest BCUT2D eigenvalue weighted by Gasteiger charge is -2.37. The molecule has 2 aliphatic rings. The van der Waals surface area contributed by atoms with E-state index in [-0.39, 0.29) is 41.8 Å². The highest BCUT2D eigenvalue weighted by Gasteiger charge is 2.31. The second-order valence-electron chi connectivity index (χ2n) is 6.91. The molecular weight excluding hydrogens is 387 g/mol. The van der Waals surface area contributed by atoms with Gasteiger partial charge in [0.25, 0.3) is 11.5 Å². The lowest BCUT2D eigenvalue weighted by Crippen LogP contribution is -2.46. The van der Waals surface area contributed by atoms with Crippen molar-refractivity contribution in [3.63, 3.8) is 0 Å². The van der Waals surface area contributed by atoms with Crippen molar-refractivity contribution in [3.8, 4) is 0 Å². The molecule has 27 heavy (non-hydrogen) atoms. The lowest BCUT2D eigenvalue weighted by atomic mass is 9.84. The van der Waals surface area contributed by atoms with E-state index in [0.29, 0.717) is 31.3 Å². The van der Waals surface area contributed by atoms with Crippen molar-refractivity contribution in [2.24, 2.45) is 5.92 Å². The van der Waals surface area contributed by atoms with Crippen molar-refractivity contribution in [2.45, 2.75) is 25.3 Å². The molecule has 4 heterocycles. The monoisotopic (exact) mass is 410 g/mol. The molecular formula is C19H24Cl2N4O2. The average Bonchev–Trinajstić information content (AvgIpc) is 2.64. The summed E-state index contributed by atoms with van der Waals surface area (Å²) < 4.78 is 1.82. The highest BCUT2D eigenvalue weighted by Crippen LogP contribution is 2.31. The predicted molar refractivity (Wildman–Crippen MR) is 109 cm³/mol. The molecule has 146 valence electrons. The van der Waals surface area contributed by atoms with Crippen molar-refractivity contribution in [3.05, 3.63) is 63.8 Å². The Balaban J connectivity index is 0.00000131. The maximum atomic E-state index is 12.8. The molecule has 6 nitrogen and oxygen atoms in total. The van der Waals surface area contributed by atoms with Crippen LogP contribution in [0.15, 0.2) is 41.5 Å². The summed E-state index contributed by atoms with van der Waals surface area (Å²) in [4.78, 5) is 29.3. The molecule has 8 heteroatoms. The number of pyridine rings is 2. The van der Waals surface area contributed by atoms with Crippen LogP contribution in [0.2, 0.25) is 0 Å². The highest BCUT2D eigenvalue weighted by atomic mass is 35.5. The number of rotatable bonds is 4. The fraction of sp³-hybridized carbons (Fsp3) is 0.421. The van der Waals surface area contributed by atoms with Crippen LogP contribution in [0.1, 0.15) is 34.0 Å². The second-order valence-corrected chi connectivity index (χ2v) is 6.91. The minimum atomic E-state index is -0.293. The summed E-state index contributed by atoms with van der Waals surface area (Å²) in [5.74, 6) is 0.564. The summed E-state index contributed by atoms with van der Waals surface area (Å²) in [7, 11) is 0. The lowest BCUT2D eigenvalue weighted by molar-refractivity contribution is 0.0951. The van der Waals surface area contributed by atoms with Gasteiger partial charge in [0.05, 0.1) is 0 Å². The molecule has 0 aromatic carbocycles. The number of carbonyl (C=O) groups is 1. The standard InChI is InChI=1S/C19H22N4O2.2ClH/c24-18(22-7-5-13-2-1-6-20-9-13)16-3-4-17-15-8-14(10-21-11-15)12-23(17)19(16)25;;/h1-4,6,9,14-15,21H,5,7-8,10-12H2,(H,22,24);2*1H/t14-,15+;;/m0../s1. The third kappa shape index (κ3) is 4.51. The van der Waals surface area contributed by atoms with Gasteiger partial charge in [0.1, 0.15) is 5.56 Å². The number of nitrogens with one attached hydrogen (secondary N) is 2. The van der Waals surface area contributed by atoms with Gasteiger partial charge in [-0.2, -0.15) is 0 Å². The van der Waals surface area contributed by atoms with Gasteiger partial charge < -0.3 is 15.2 Å². The summed E-state index contributed by atoms with van der Waals surface area (Å²) in [5, 5.41) is 6.28. The first-order valence-corrected chi connectivity index (χ1v) is 8.84. The number of nitrogens with zero attached hydrogens (tertiary/aromatic N) is 2. The maximum Gasteiger partial charge on any atom is 0.263 e. The Bertz CT molecular complexity index is 841. The Morgan fingerprint density at radius 2 is 2.11 bits per heavy atom. The number of piperidine rings is 1. The molecule has 2 aliphatic heterocycles. The Kier molecular flexibility index (Phi) is 7.41. The number of carbonyl (C=O) groups excluding carboxylic acids is 1. The Hall–Kier alpha value is -1.89. The van der Waals surface area contributed by atoms with Crippen LogP contribution in [0.3, 0.4) is 0 Å². The van der Waals surface area contributed by atoms with E-state index in [1.165, 1.54) is 0 Å². The normalized spacial score (nSPS) is 19.9. The molecule has 2 atom stereocenters. The molecule has 0 saturated carbocycles. The van der Waals surface area contributed by atoms with E-state index in [2.05, 4.69) is 15.6 Å². The first-order chi connectivity index (χ1) is 12.2. The highest BCUT2D eigenvalue weighted by molar-refractivity contribution is 5.93. The zero-order valence-electron chi connectivity index (χ0n) is 14.9. The topological polar surface area (TPSA) is 76.0 Å². The molecule has 4 rings (SSSR count). The average molecular weight is 411 g/mol. The number of amides is 1. The van der Waals surface area contributed by atoms with Gasteiger partial charge in [0, 0.05) is 43.6 Å². The zero-order valence-corrected chi connectivity index (χ0v) is 16.5. The first-order valence-electron chi connectivity index (χ1n) is 8.84. The van der Waals surface area contributed by atoms with Gasteiger partial charge in [0.15, 0.2) is 0 Å². The molecule has 2 aromatic heterocycles. The largest absolute Gasteiger partial charge is 0.352 e. The smallest absolute Gasteiger partial charge is 0.263 e. The maximum absolute atomic E-state index is 12.8. The van der Waals surface area contributed by atoms with Gasteiger partial charge in [-0.3, -0.25) is 14.6 Å². The van der Waals surface area contributed by atoms with Crippen LogP contribution in [-0.2, 0) is 13.0 Å². The summed E-state index contributed by atoms with van der Waals surface area (Å²) in [6.45, 7) is 3.05. The fourth-order valence-electron chi connectivity index (χ4n) is 3.93. The van der Waals surface area contributed by atoms with Crippen LogP contribution in [0, 0.1) is 5.92 Å². The van der Waals surface area contributed by atoms with Crippen molar-refractivity contribution >= 4 is 30.7 Å². The minimum Gasteiger partial charge on any atom is -0.352 e. The first kappa shape index (κ1) is 21.4. The van der Waals surface area contributed by atoms with Crippen LogP contribution < -0.4 is 16.2 Å². The molecule has 0 aliphatic carbocycles. The SMILES string of the molecule is Cl.Cl.O=C(NCCc1cccnc1)c1ccc2n(c1=O)C[C@@H]1CNC[C@H]2C1. The second kappa shape index (κ2) is 9.35. The molecule has 1 amide bonds. The quantitative estimate of drug-likeness (QED) is 0.804. The summed E-state index contributed by atoms with van der Waals surface area (Å²) >= 11 is 0. The third-order valence-corrected chi connectivity index (χ3v) is 5.18. The Labute approximate surface area is 170 Å². The third-order valence-electron chi connectivity index (χ3n) is 5.18. The molecule has 2 N–H and O–H groups in total. The van der Waals surface area contributed by atoms with Crippen LogP contribution in [0.25, 0.3) is 0 Å². The number of hydrogen-bond donors (Lipinski definition) is 2. The number of hydrogen-bond acceptors (Lipinski definition) is 4. The molecule has 0 radical (unpaired) electrons. The molecule has 1 fully saturated rings. The van der Waals surface area contributed by atoms with Crippen molar-refractivity contribution < 1.29 is 4.79 Å². The van der Waals surface area contributed by atoms with Crippen LogP contribution in [0.4, 0.5) is 0 Å². The summed E-state index contributed by atoms with van der Waals surface area (Å²) in [6, 6.07) is 7.48. The number of fused-ring (bicyclic) bond motifs is 4. The Morgan fingerprint density at radius 3 is 2.89 bits per heavy atom. The van der Waals surface area contributed by atoms with Gasteiger partial charge >= 0.3 is 0 Å². The van der Waals surface area contributed by atoms with Crippen molar-refractivity contribution in [2.75, 3.05) is 19.6 Å². The van der Waals surface area contributed by atoms with E-state index in [1.54, 1.807) is 18.5 Å². The van der Waals surface area contributed by atoms with Gasteiger partial charge in [0.2, 0.25) is 0 Å². The number of halogens is 2. The van der Waals surface area contributed by atoms with E-state index in [9.17, 15) is 9.59 Å². The van der Waals surface area contributed by atoms with Gasteiger partial charge in [-0.25, -0.2) is 0 Å². The van der Waals surface area contributed by atoms with Gasteiger partial charge in [-0.05, 0) is 49.1 Å². The van der Waals surface area contributed by atoms with E-state index in [1.807, 2.05) is 22.8 Å². The molecule has 0 unspecified atom stereocenters. The minimum absolute atomic E-state index is 0. The van der Waals surface area contributed by atoms with Crippen LogP contribution >= 0.6 is 24.8 Å². The van der Waals surface area contributed by atoms with Crippen molar-refractivity contribution in [1.29, 1.82) is 0 Å². The zero-order chi connectivity index (χ0) is 17.2. The summed E-state index contributed by atoms with van der Waals surface area (Å²) in [6.07, 6.45) is 5.33. The predicted octanol–water partition coefficient (Wildman–Crippen LogP) is 1.77. The van der Waals surface area contributed by atoms with Crippen molar-refractivity contribution in [1.82, 2.24) is 20.2 Å². The van der Waals surface area contributed by atoms with Gasteiger partial charge in [-0.15, -0.1) is 24.8 Å². The van der Waals surface area contributed by atoms with E-state index < -0.39 is 0 Å². The molecule has 0 spiro atoms. The Morgan fingerprint density at radius 1 is 1.26 bits per heavy atom. The fourth-order valence-corrected chi connectivity index (χ4v) is 3.93. The number of aromatic nitrogens is 2. The summed E-state index contributed by atoms with van der Waals surface area (Å²) in [5.41, 5.74) is 2.20. The van der Waals surface area contributed by atoms with Crippen LogP contribution in [-0.4, -0.2) is 35.1 Å². The van der Waals surface area contributed by atoms with E-state index in [0.717, 1.165) is 30.8 Å². The molecule has 1 saturated heterocycles. The van der Waals surface area contributed by atoms with E-state index in [4.69, 9.17) is 0 Å². The van der Waals surface area contributed by atoms with Crippen LogP contribution in [0.5, 0.6) is 0 Å². The molecule has 2 aromatic rings. The van der Waals surface area contributed by atoms with Gasteiger partial charge in [-0.1, -0.05) is 6.07 Å². The molecule has 2 bridgehead atoms. The van der Waals surface area contributed by atoms with E-state index >= 15 is 0 Å².